The molecule has 0 aromatic heterocycles. The van der Waals surface area contributed by atoms with E-state index in [1.165, 1.54) is 55.8 Å². The van der Waals surface area contributed by atoms with Gasteiger partial charge in [-0.2, -0.15) is 0 Å². The van der Waals surface area contributed by atoms with E-state index in [9.17, 15) is 0 Å². The molecule has 0 unspecified atom stereocenters. The average Bonchev–Trinajstić information content (AvgIpc) is 3.69. The minimum atomic E-state index is 1.09. The van der Waals surface area contributed by atoms with Crippen molar-refractivity contribution in [2.24, 2.45) is 0 Å². The van der Waals surface area contributed by atoms with Gasteiger partial charge >= 0.3 is 0 Å². The zero-order valence-corrected chi connectivity index (χ0v) is 44.3. The third-order valence-corrected chi connectivity index (χ3v) is 13.5. The van der Waals surface area contributed by atoms with Gasteiger partial charge < -0.3 is 14.7 Å². The third kappa shape index (κ3) is 13.2. The fourth-order valence-corrected chi connectivity index (χ4v) is 9.52. The van der Waals surface area contributed by atoms with Crippen LogP contribution in [0.15, 0.2) is 231 Å². The van der Waals surface area contributed by atoms with Crippen LogP contribution >= 0.6 is 0 Å². The van der Waals surface area contributed by atoms with E-state index >= 15 is 0 Å². The number of aryl methyl sites for hydroxylation is 3. The summed E-state index contributed by atoms with van der Waals surface area (Å²) in [6.45, 7) is 16.2. The molecule has 10 rings (SSSR count). The normalized spacial score (nSPS) is 12.6. The zero-order valence-electron chi connectivity index (χ0n) is 44.3. The first-order valence-electron chi connectivity index (χ1n) is 26.3. The number of para-hydroxylation sites is 2. The fraction of sp³-hybridized carbons (Fsp3) is 0.155. The number of hydrogen-bond acceptors (Lipinski definition) is 3. The maximum atomic E-state index is 3.77. The van der Waals surface area contributed by atoms with Gasteiger partial charge in [-0.15, -0.1) is 0 Å². The first-order valence-corrected chi connectivity index (χ1v) is 26.3. The van der Waals surface area contributed by atoms with Crippen LogP contribution in [0.5, 0.6) is 0 Å². The van der Waals surface area contributed by atoms with Gasteiger partial charge in [0, 0.05) is 51.2 Å². The van der Waals surface area contributed by atoms with Crippen LogP contribution in [0.3, 0.4) is 0 Å². The minimum Gasteiger partial charge on any atom is -0.311 e. The predicted octanol–water partition coefficient (Wildman–Crippen LogP) is 19.3. The van der Waals surface area contributed by atoms with Crippen molar-refractivity contribution in [1.82, 2.24) is 0 Å². The number of benzene rings is 8. The molecule has 0 bridgehead atoms. The Kier molecular flexibility index (Phi) is 18.1. The molecule has 0 saturated heterocycles. The Bertz CT molecular complexity index is 3360. The molecular formula is C71H71N3. The molecule has 370 valence electrons. The van der Waals surface area contributed by atoms with Gasteiger partial charge in [-0.25, -0.2) is 0 Å². The summed E-state index contributed by atoms with van der Waals surface area (Å²) in [5.74, 6) is 0. The van der Waals surface area contributed by atoms with Crippen LogP contribution < -0.4 is 25.1 Å². The van der Waals surface area contributed by atoms with Gasteiger partial charge in [0.05, 0.1) is 0 Å². The summed E-state index contributed by atoms with van der Waals surface area (Å²) in [6.07, 6.45) is 27.2. The molecule has 2 aliphatic rings. The lowest BCUT2D eigenvalue weighted by atomic mass is 10.0. The van der Waals surface area contributed by atoms with E-state index in [1.807, 2.05) is 39.0 Å². The highest BCUT2D eigenvalue weighted by Gasteiger charge is 2.19. The summed E-state index contributed by atoms with van der Waals surface area (Å²) in [6, 6.07) is 68.3. The van der Waals surface area contributed by atoms with Crippen molar-refractivity contribution in [2.75, 3.05) is 14.7 Å². The molecule has 3 heteroatoms. The molecule has 0 aliphatic heterocycles. The van der Waals surface area contributed by atoms with E-state index < -0.39 is 0 Å². The number of nitrogens with zero attached hydrogens (tertiary/aromatic N) is 3. The Labute approximate surface area is 442 Å². The molecule has 3 nitrogen and oxygen atoms in total. The average molecular weight is 966 g/mol. The van der Waals surface area contributed by atoms with Crippen LogP contribution in [0.1, 0.15) is 86.8 Å². The molecule has 8 aromatic rings. The second kappa shape index (κ2) is 25.8. The molecular weight excluding hydrogens is 895 g/mol. The lowest BCUT2D eigenvalue weighted by Gasteiger charge is -2.29. The summed E-state index contributed by atoms with van der Waals surface area (Å²) >= 11 is 0. The van der Waals surface area contributed by atoms with Crippen molar-refractivity contribution in [1.29, 1.82) is 0 Å². The summed E-state index contributed by atoms with van der Waals surface area (Å²) < 4.78 is 0. The Morgan fingerprint density at radius 1 is 0.459 bits per heavy atom. The Balaban J connectivity index is 0.000000324. The molecule has 0 spiro atoms. The monoisotopic (exact) mass is 966 g/mol. The van der Waals surface area contributed by atoms with Gasteiger partial charge in [0.2, 0.25) is 0 Å². The summed E-state index contributed by atoms with van der Waals surface area (Å²) in [7, 11) is 0. The van der Waals surface area contributed by atoms with Crippen molar-refractivity contribution in [2.45, 2.75) is 73.6 Å². The number of hydrogen-bond donors (Lipinski definition) is 0. The molecule has 0 N–H and O–H groups in total. The molecule has 0 atom stereocenters. The molecule has 0 radical (unpaired) electrons. The highest BCUT2D eigenvalue weighted by atomic mass is 15.2. The van der Waals surface area contributed by atoms with Crippen molar-refractivity contribution < 1.29 is 0 Å². The van der Waals surface area contributed by atoms with E-state index in [-0.39, 0.29) is 0 Å². The molecule has 8 aromatic carbocycles. The van der Waals surface area contributed by atoms with E-state index in [4.69, 9.17) is 0 Å². The predicted molar refractivity (Wildman–Crippen MR) is 325 cm³/mol. The van der Waals surface area contributed by atoms with Crippen molar-refractivity contribution in [3.8, 4) is 0 Å². The maximum Gasteiger partial charge on any atom is 0.0467 e. The molecule has 0 fully saturated rings. The van der Waals surface area contributed by atoms with Crippen LogP contribution in [0.4, 0.5) is 51.2 Å². The summed E-state index contributed by atoms with van der Waals surface area (Å²) in [5.41, 5.74) is 19.1. The zero-order chi connectivity index (χ0) is 51.7. The Morgan fingerprint density at radius 2 is 0.946 bits per heavy atom. The number of anilines is 9. The molecule has 0 saturated carbocycles. The van der Waals surface area contributed by atoms with Gasteiger partial charge in [0.1, 0.15) is 0 Å². The first-order chi connectivity index (χ1) is 36.3. The highest BCUT2D eigenvalue weighted by molar-refractivity contribution is 5.84. The summed E-state index contributed by atoms with van der Waals surface area (Å²) in [4.78, 5) is 7.07. The SMILES string of the molecule is C/C=C\C(C)=C/C.C=Cc1ccc(C)cc1/C=C\C.Cc1ccc(N(c2ccc(N(c3ccccc3)c3ccc4c(c3)C=CCCC4)cc2)c2ccc(N(c3ccccc3)c3ccc4c(c3)=CCCC=4)cc2)cc1. The standard InChI is InChI=1S/C52H45N3.C12H14.C7H12/c1-39-21-25-46(26-22-39)53(48-31-35-50(36-32-48)55(45-19-9-4-10-20-45)52-28-24-41-14-11-12-16-43(41)38-52)47-29-33-49(34-30-47)54(44-17-7-3-8-18-44)51-27-23-40-13-5-2-6-15-42(40)37-51;1-4-6-12-9-10(3)7-8-11(12)5-2;1-4-6-7(3)5-2/h3-4,6-10,14-38H,2,5,11-13H2,1H3;4-9H,2H2,1,3H3;4-6H,1-3H3/b;6-4-;6-4-,7-5-. The van der Waals surface area contributed by atoms with Gasteiger partial charge in [0.25, 0.3) is 0 Å². The van der Waals surface area contributed by atoms with Crippen molar-refractivity contribution in [3.05, 3.63) is 274 Å². The largest absolute Gasteiger partial charge is 0.311 e. The second-order valence-corrected chi connectivity index (χ2v) is 18.9. The Hall–Kier alpha value is -8.40. The third-order valence-electron chi connectivity index (χ3n) is 13.5. The topological polar surface area (TPSA) is 9.72 Å². The van der Waals surface area contributed by atoms with Gasteiger partial charge in [0.15, 0.2) is 0 Å². The second-order valence-electron chi connectivity index (χ2n) is 18.9. The van der Waals surface area contributed by atoms with Gasteiger partial charge in [-0.05, 0) is 216 Å². The van der Waals surface area contributed by atoms with Crippen LogP contribution in [-0.4, -0.2) is 0 Å². The minimum absolute atomic E-state index is 1.09. The van der Waals surface area contributed by atoms with Gasteiger partial charge in [-0.1, -0.05) is 163 Å². The van der Waals surface area contributed by atoms with Crippen LogP contribution in [0.2, 0.25) is 0 Å². The smallest absolute Gasteiger partial charge is 0.0467 e. The van der Waals surface area contributed by atoms with E-state index in [1.54, 1.807) is 0 Å². The van der Waals surface area contributed by atoms with Crippen LogP contribution in [0.25, 0.3) is 30.4 Å². The van der Waals surface area contributed by atoms with Crippen molar-refractivity contribution in [3.63, 3.8) is 0 Å². The molecule has 2 aliphatic carbocycles. The lowest BCUT2D eigenvalue weighted by Crippen LogP contribution is -2.27. The van der Waals surface area contributed by atoms with Crippen LogP contribution in [-0.2, 0) is 6.42 Å². The molecule has 74 heavy (non-hydrogen) atoms. The fourth-order valence-electron chi connectivity index (χ4n) is 9.52. The van der Waals surface area contributed by atoms with E-state index in [0.717, 1.165) is 76.9 Å². The lowest BCUT2D eigenvalue weighted by molar-refractivity contribution is 0.851. The Morgan fingerprint density at radius 3 is 1.47 bits per heavy atom. The van der Waals surface area contributed by atoms with Gasteiger partial charge in [-0.3, -0.25) is 0 Å². The van der Waals surface area contributed by atoms with Crippen molar-refractivity contribution >= 4 is 81.6 Å². The van der Waals surface area contributed by atoms with E-state index in [2.05, 4.69) is 273 Å². The molecule has 0 heterocycles. The first kappa shape index (κ1) is 51.9. The number of allylic oxidation sites excluding steroid dienone is 6. The van der Waals surface area contributed by atoms with Crippen LogP contribution in [0, 0.1) is 13.8 Å². The quantitative estimate of drug-likeness (QED) is 0.113. The number of rotatable bonds is 12. The van der Waals surface area contributed by atoms with E-state index in [0.29, 0.717) is 0 Å². The summed E-state index contributed by atoms with van der Waals surface area (Å²) in [5, 5.41) is 2.63. The maximum absolute atomic E-state index is 3.77. The molecule has 0 amide bonds. The number of fused-ring (bicyclic) bond motifs is 2. The highest BCUT2D eigenvalue weighted by Crippen LogP contribution is 2.41.